The number of aromatic nitrogens is 1. The molecule has 0 amide bonds. The predicted octanol–water partition coefficient (Wildman–Crippen LogP) is 2.78. The van der Waals surface area contributed by atoms with Gasteiger partial charge in [-0.05, 0) is 31.4 Å². The van der Waals surface area contributed by atoms with Crippen LogP contribution in [0, 0.1) is 11.6 Å². The van der Waals surface area contributed by atoms with Gasteiger partial charge in [0.15, 0.2) is 5.82 Å². The zero-order chi connectivity index (χ0) is 11.3. The van der Waals surface area contributed by atoms with Crippen LogP contribution in [0.2, 0.25) is 0 Å². The second-order valence-corrected chi connectivity index (χ2v) is 4.50. The predicted molar refractivity (Wildman–Crippen MR) is 57.9 cm³/mol. The molecule has 4 heteroatoms. The van der Waals surface area contributed by atoms with E-state index in [1.165, 1.54) is 6.07 Å². The lowest BCUT2D eigenvalue weighted by molar-refractivity contribution is 0.237. The first-order valence-corrected chi connectivity index (χ1v) is 5.36. The molecule has 2 aromatic rings. The van der Waals surface area contributed by atoms with Crippen molar-refractivity contribution >= 4 is 10.9 Å². The van der Waals surface area contributed by atoms with Gasteiger partial charge in [0.2, 0.25) is 0 Å². The molecule has 1 aromatic heterocycles. The molecule has 0 aliphatic heterocycles. The van der Waals surface area contributed by atoms with E-state index in [0.29, 0.717) is 23.7 Å². The summed E-state index contributed by atoms with van der Waals surface area (Å²) in [5.41, 5.74) is 5.56. The first kappa shape index (κ1) is 9.78. The van der Waals surface area contributed by atoms with Crippen LogP contribution in [0.3, 0.4) is 0 Å². The average molecular weight is 222 g/mol. The summed E-state index contributed by atoms with van der Waals surface area (Å²) in [6.07, 6.45) is 3.82. The molecule has 0 unspecified atom stereocenters. The van der Waals surface area contributed by atoms with E-state index in [1.807, 2.05) is 0 Å². The molecule has 1 heterocycles. The molecular formula is C12H12F2N2. The minimum atomic E-state index is -0.812. The average Bonchev–Trinajstić information content (AvgIpc) is 2.63. The Morgan fingerprint density at radius 3 is 2.69 bits per heavy atom. The Morgan fingerprint density at radius 2 is 2.06 bits per heavy atom. The monoisotopic (exact) mass is 222 g/mol. The maximum absolute atomic E-state index is 14.1. The van der Waals surface area contributed by atoms with Crippen molar-refractivity contribution in [3.05, 3.63) is 35.5 Å². The van der Waals surface area contributed by atoms with Crippen LogP contribution in [0.1, 0.15) is 24.8 Å². The summed E-state index contributed by atoms with van der Waals surface area (Å²) in [6, 6.07) is 2.99. The molecule has 1 aromatic carbocycles. The molecule has 1 aliphatic carbocycles. The number of H-pyrrole nitrogens is 1. The van der Waals surface area contributed by atoms with Crippen LogP contribution in [-0.4, -0.2) is 4.98 Å². The topological polar surface area (TPSA) is 41.8 Å². The Bertz CT molecular complexity index is 555. The van der Waals surface area contributed by atoms with Crippen LogP contribution in [0.4, 0.5) is 8.78 Å². The van der Waals surface area contributed by atoms with E-state index >= 15 is 0 Å². The van der Waals surface area contributed by atoms with Gasteiger partial charge < -0.3 is 10.7 Å². The van der Waals surface area contributed by atoms with Gasteiger partial charge in [-0.1, -0.05) is 0 Å². The maximum atomic E-state index is 14.1. The number of fused-ring (bicyclic) bond motifs is 1. The minimum absolute atomic E-state index is 0.0358. The van der Waals surface area contributed by atoms with Crippen molar-refractivity contribution in [1.82, 2.24) is 4.98 Å². The van der Waals surface area contributed by atoms with Crippen molar-refractivity contribution < 1.29 is 8.78 Å². The molecule has 0 radical (unpaired) electrons. The largest absolute Gasteiger partial charge is 0.359 e. The number of halogens is 2. The number of hydrogen-bond acceptors (Lipinski definition) is 1. The molecule has 3 N–H and O–H groups in total. The molecule has 2 nitrogen and oxygen atoms in total. The molecule has 1 aliphatic rings. The Balaban J connectivity index is 2.30. The van der Waals surface area contributed by atoms with Gasteiger partial charge in [0.25, 0.3) is 0 Å². The fraction of sp³-hybridized carbons (Fsp3) is 0.333. The summed E-state index contributed by atoms with van der Waals surface area (Å²) in [7, 11) is 0. The number of benzene rings is 1. The highest BCUT2D eigenvalue weighted by Crippen LogP contribution is 2.42. The van der Waals surface area contributed by atoms with E-state index in [9.17, 15) is 8.78 Å². The van der Waals surface area contributed by atoms with Gasteiger partial charge in [0, 0.05) is 22.7 Å². The third-order valence-corrected chi connectivity index (χ3v) is 3.48. The smallest absolute Gasteiger partial charge is 0.155 e. The molecule has 84 valence electrons. The van der Waals surface area contributed by atoms with Gasteiger partial charge in [-0.15, -0.1) is 0 Å². The van der Waals surface area contributed by atoms with Gasteiger partial charge in [-0.2, -0.15) is 0 Å². The lowest BCUT2D eigenvalue weighted by Gasteiger charge is -2.38. The normalized spacial score (nSPS) is 18.7. The summed E-state index contributed by atoms with van der Waals surface area (Å²) < 4.78 is 28.0. The number of nitrogens with two attached hydrogens (primary N) is 1. The van der Waals surface area contributed by atoms with Crippen molar-refractivity contribution in [2.75, 3.05) is 0 Å². The van der Waals surface area contributed by atoms with E-state index in [-0.39, 0.29) is 5.56 Å². The van der Waals surface area contributed by atoms with Crippen LogP contribution in [0.5, 0.6) is 0 Å². The van der Waals surface area contributed by atoms with Gasteiger partial charge >= 0.3 is 0 Å². The van der Waals surface area contributed by atoms with E-state index in [0.717, 1.165) is 6.42 Å². The summed E-state index contributed by atoms with van der Waals surface area (Å²) >= 11 is 0. The van der Waals surface area contributed by atoms with Gasteiger partial charge in [-0.3, -0.25) is 0 Å². The molecule has 1 fully saturated rings. The summed E-state index contributed by atoms with van der Waals surface area (Å²) in [6.45, 7) is 0. The van der Waals surface area contributed by atoms with Gasteiger partial charge in [0.1, 0.15) is 5.82 Å². The number of hydrogen-bond donors (Lipinski definition) is 2. The Hall–Kier alpha value is -1.42. The Kier molecular flexibility index (Phi) is 1.86. The number of nitrogens with one attached hydrogen (secondary N) is 1. The fourth-order valence-electron chi connectivity index (χ4n) is 2.39. The Morgan fingerprint density at radius 1 is 1.31 bits per heavy atom. The molecule has 1 saturated carbocycles. The fourth-order valence-corrected chi connectivity index (χ4v) is 2.39. The SMILES string of the molecule is NC1(c2c(F)cc3cc[nH]c3c2F)CCC1. The Labute approximate surface area is 91.4 Å². The maximum Gasteiger partial charge on any atom is 0.155 e. The lowest BCUT2D eigenvalue weighted by atomic mass is 9.72. The third-order valence-electron chi connectivity index (χ3n) is 3.48. The third kappa shape index (κ3) is 1.13. The van der Waals surface area contributed by atoms with Crippen molar-refractivity contribution in [3.63, 3.8) is 0 Å². The highest BCUT2D eigenvalue weighted by atomic mass is 19.1. The van der Waals surface area contributed by atoms with E-state index in [1.54, 1.807) is 12.3 Å². The highest BCUT2D eigenvalue weighted by molar-refractivity contribution is 5.81. The number of aromatic amines is 1. The molecule has 16 heavy (non-hydrogen) atoms. The second kappa shape index (κ2) is 3.04. The van der Waals surface area contributed by atoms with Gasteiger partial charge in [0.05, 0.1) is 5.52 Å². The van der Waals surface area contributed by atoms with E-state index in [4.69, 9.17) is 5.73 Å². The van der Waals surface area contributed by atoms with Crippen LogP contribution in [0.25, 0.3) is 10.9 Å². The number of rotatable bonds is 1. The van der Waals surface area contributed by atoms with E-state index in [2.05, 4.69) is 4.98 Å². The summed E-state index contributed by atoms with van der Waals surface area (Å²) in [4.78, 5) is 2.78. The zero-order valence-electron chi connectivity index (χ0n) is 8.69. The van der Waals surface area contributed by atoms with E-state index < -0.39 is 17.2 Å². The highest BCUT2D eigenvalue weighted by Gasteiger charge is 2.39. The van der Waals surface area contributed by atoms with Crippen molar-refractivity contribution in [2.24, 2.45) is 5.73 Å². The van der Waals surface area contributed by atoms with Crippen LogP contribution in [-0.2, 0) is 5.54 Å². The van der Waals surface area contributed by atoms with Crippen LogP contribution >= 0.6 is 0 Å². The van der Waals surface area contributed by atoms with Crippen LogP contribution in [0.15, 0.2) is 18.3 Å². The molecule has 0 atom stereocenters. The van der Waals surface area contributed by atoms with Crippen molar-refractivity contribution in [2.45, 2.75) is 24.8 Å². The molecule has 3 rings (SSSR count). The second-order valence-electron chi connectivity index (χ2n) is 4.50. The molecule has 0 bridgehead atoms. The van der Waals surface area contributed by atoms with Crippen molar-refractivity contribution in [3.8, 4) is 0 Å². The lowest BCUT2D eigenvalue weighted by Crippen LogP contribution is -2.44. The molecular weight excluding hydrogens is 210 g/mol. The van der Waals surface area contributed by atoms with Crippen molar-refractivity contribution in [1.29, 1.82) is 0 Å². The summed E-state index contributed by atoms with van der Waals surface area (Å²) in [5.74, 6) is -1.08. The summed E-state index contributed by atoms with van der Waals surface area (Å²) in [5, 5.41) is 0.543. The zero-order valence-corrected chi connectivity index (χ0v) is 8.69. The molecule has 0 spiro atoms. The quantitative estimate of drug-likeness (QED) is 0.765. The first-order chi connectivity index (χ1) is 7.62. The first-order valence-electron chi connectivity index (χ1n) is 5.36. The molecule has 0 saturated heterocycles. The minimum Gasteiger partial charge on any atom is -0.359 e. The van der Waals surface area contributed by atoms with Crippen LogP contribution < -0.4 is 5.73 Å². The standard InChI is InChI=1S/C12H12F2N2/c13-8-6-7-2-5-16-11(7)10(14)9(8)12(15)3-1-4-12/h2,5-6,16H,1,3-4,15H2. The van der Waals surface area contributed by atoms with Gasteiger partial charge in [-0.25, -0.2) is 8.78 Å².